The molecule has 0 amide bonds. The highest BCUT2D eigenvalue weighted by Crippen LogP contribution is 2.33. The molecule has 0 aliphatic heterocycles. The fourth-order valence-electron chi connectivity index (χ4n) is 1.92. The van der Waals surface area contributed by atoms with Crippen molar-refractivity contribution in [1.82, 2.24) is 4.98 Å². The van der Waals surface area contributed by atoms with Crippen LogP contribution in [0.25, 0.3) is 21.3 Å². The molecule has 0 saturated carbocycles. The first kappa shape index (κ1) is 12.1. The third-order valence-corrected chi connectivity index (χ3v) is 3.90. The smallest absolute Gasteiger partial charge is 0.258 e. The Morgan fingerprint density at radius 2 is 2.11 bits per heavy atom. The van der Waals surface area contributed by atoms with Gasteiger partial charge in [0.2, 0.25) is 0 Å². The van der Waals surface area contributed by atoms with Crippen molar-refractivity contribution in [3.63, 3.8) is 0 Å². The monoisotopic (exact) mass is 290 g/mol. The van der Waals surface area contributed by atoms with Gasteiger partial charge in [-0.15, -0.1) is 11.3 Å². The summed E-state index contributed by atoms with van der Waals surface area (Å²) in [6.45, 7) is 0. The number of halogens is 1. The van der Waals surface area contributed by atoms with E-state index in [4.69, 9.17) is 11.6 Å². The maximum atomic E-state index is 10.9. The summed E-state index contributed by atoms with van der Waals surface area (Å²) in [6, 6.07) is 10.5. The van der Waals surface area contributed by atoms with Crippen molar-refractivity contribution in [3.05, 3.63) is 57.0 Å². The second kappa shape index (κ2) is 4.60. The number of fused-ring (bicyclic) bond motifs is 1. The molecular formula is C13H7ClN2O2S. The molecule has 0 spiro atoms. The minimum Gasteiger partial charge on any atom is -0.258 e. The van der Waals surface area contributed by atoms with Gasteiger partial charge in [0.1, 0.15) is 5.15 Å². The molecule has 19 heavy (non-hydrogen) atoms. The zero-order valence-electron chi connectivity index (χ0n) is 9.54. The molecule has 0 atom stereocenters. The summed E-state index contributed by atoms with van der Waals surface area (Å²) >= 11 is 7.43. The average molecular weight is 291 g/mol. The van der Waals surface area contributed by atoms with E-state index in [2.05, 4.69) is 4.98 Å². The molecule has 2 heterocycles. The first-order valence-electron chi connectivity index (χ1n) is 5.44. The van der Waals surface area contributed by atoms with Crippen LogP contribution in [0.2, 0.25) is 5.15 Å². The molecule has 0 aliphatic carbocycles. The number of hydrogen-bond donors (Lipinski definition) is 0. The van der Waals surface area contributed by atoms with E-state index >= 15 is 0 Å². The molecule has 0 unspecified atom stereocenters. The number of thiophene rings is 1. The summed E-state index contributed by atoms with van der Waals surface area (Å²) in [6.07, 6.45) is 0. The van der Waals surface area contributed by atoms with Gasteiger partial charge in [0.25, 0.3) is 5.69 Å². The second-order valence-electron chi connectivity index (χ2n) is 3.93. The van der Waals surface area contributed by atoms with E-state index < -0.39 is 4.92 Å². The molecule has 3 rings (SSSR count). The van der Waals surface area contributed by atoms with Crippen LogP contribution >= 0.6 is 22.9 Å². The quantitative estimate of drug-likeness (QED) is 0.396. The molecule has 0 bridgehead atoms. The average Bonchev–Trinajstić information content (AvgIpc) is 2.85. The molecule has 0 radical (unpaired) electrons. The lowest BCUT2D eigenvalue weighted by atomic mass is 10.1. The zero-order valence-corrected chi connectivity index (χ0v) is 11.1. The second-order valence-corrected chi connectivity index (χ2v) is 5.24. The summed E-state index contributed by atoms with van der Waals surface area (Å²) in [7, 11) is 0. The van der Waals surface area contributed by atoms with Crippen LogP contribution < -0.4 is 0 Å². The Hall–Kier alpha value is -1.98. The first-order valence-corrected chi connectivity index (χ1v) is 6.69. The third-order valence-electron chi connectivity index (χ3n) is 2.74. The van der Waals surface area contributed by atoms with Gasteiger partial charge in [0.15, 0.2) is 0 Å². The van der Waals surface area contributed by atoms with Crippen molar-refractivity contribution in [1.29, 1.82) is 0 Å². The highest BCUT2D eigenvalue weighted by Gasteiger charge is 2.13. The maximum absolute atomic E-state index is 10.9. The van der Waals surface area contributed by atoms with Gasteiger partial charge in [-0.05, 0) is 16.8 Å². The van der Waals surface area contributed by atoms with Gasteiger partial charge in [-0.3, -0.25) is 10.1 Å². The number of benzene rings is 1. The van der Waals surface area contributed by atoms with E-state index in [9.17, 15) is 10.1 Å². The minimum absolute atomic E-state index is 0.0523. The van der Waals surface area contributed by atoms with Crippen LogP contribution in [0.3, 0.4) is 0 Å². The van der Waals surface area contributed by atoms with Gasteiger partial charge in [-0.1, -0.05) is 29.8 Å². The number of nitro groups is 1. The van der Waals surface area contributed by atoms with Gasteiger partial charge in [-0.2, -0.15) is 0 Å². The molecule has 6 heteroatoms. The van der Waals surface area contributed by atoms with Crippen LogP contribution in [-0.4, -0.2) is 9.91 Å². The molecule has 94 valence electrons. The van der Waals surface area contributed by atoms with Crippen LogP contribution in [0.5, 0.6) is 0 Å². The minimum atomic E-state index is -0.467. The lowest BCUT2D eigenvalue weighted by Crippen LogP contribution is -1.92. The van der Waals surface area contributed by atoms with Crippen molar-refractivity contribution in [3.8, 4) is 11.3 Å². The number of hydrogen-bond acceptors (Lipinski definition) is 4. The van der Waals surface area contributed by atoms with Gasteiger partial charge in [-0.25, -0.2) is 4.98 Å². The number of aromatic nitrogens is 1. The molecule has 2 aromatic heterocycles. The van der Waals surface area contributed by atoms with E-state index in [1.54, 1.807) is 11.3 Å². The first-order chi connectivity index (χ1) is 9.15. The molecule has 3 aromatic rings. The molecule has 1 aromatic carbocycles. The van der Waals surface area contributed by atoms with Crippen LogP contribution in [0.4, 0.5) is 5.69 Å². The third kappa shape index (κ3) is 2.18. The standard InChI is InChI=1S/C13H7ClN2O2S/c14-12-7-9(16(17)18)6-11(15-12)10-3-1-2-8-4-5-19-13(8)10/h1-7H. The SMILES string of the molecule is O=[N+]([O-])c1cc(Cl)nc(-c2cccc3ccsc23)c1. The fraction of sp³-hybridized carbons (Fsp3) is 0. The van der Waals surface area contributed by atoms with Gasteiger partial charge in [0.05, 0.1) is 16.7 Å². The zero-order chi connectivity index (χ0) is 13.4. The highest BCUT2D eigenvalue weighted by atomic mass is 35.5. The predicted octanol–water partition coefficient (Wildman–Crippen LogP) is 4.52. The number of pyridine rings is 1. The van der Waals surface area contributed by atoms with Crippen molar-refractivity contribution >= 4 is 38.7 Å². The normalized spacial score (nSPS) is 10.8. The van der Waals surface area contributed by atoms with E-state index in [0.717, 1.165) is 15.6 Å². The van der Waals surface area contributed by atoms with Crippen molar-refractivity contribution in [2.24, 2.45) is 0 Å². The molecular weight excluding hydrogens is 284 g/mol. The van der Waals surface area contributed by atoms with Gasteiger partial charge < -0.3 is 0 Å². The lowest BCUT2D eigenvalue weighted by Gasteiger charge is -2.03. The molecule has 0 aliphatic rings. The lowest BCUT2D eigenvalue weighted by molar-refractivity contribution is -0.384. The largest absolute Gasteiger partial charge is 0.274 e. The predicted molar refractivity (Wildman–Crippen MR) is 76.7 cm³/mol. The highest BCUT2D eigenvalue weighted by molar-refractivity contribution is 7.17. The summed E-state index contributed by atoms with van der Waals surface area (Å²) in [4.78, 5) is 14.6. The summed E-state index contributed by atoms with van der Waals surface area (Å²) in [5.74, 6) is 0. The van der Waals surface area contributed by atoms with Crippen LogP contribution in [-0.2, 0) is 0 Å². The van der Waals surface area contributed by atoms with Crippen molar-refractivity contribution in [2.45, 2.75) is 0 Å². The Balaban J connectivity index is 2.26. The van der Waals surface area contributed by atoms with Crippen LogP contribution in [0.1, 0.15) is 0 Å². The van der Waals surface area contributed by atoms with Crippen LogP contribution in [0.15, 0.2) is 41.8 Å². The van der Waals surface area contributed by atoms with E-state index in [1.165, 1.54) is 12.1 Å². The number of rotatable bonds is 2. The van der Waals surface area contributed by atoms with Crippen molar-refractivity contribution in [2.75, 3.05) is 0 Å². The Labute approximate surface area is 117 Å². The maximum Gasteiger partial charge on any atom is 0.274 e. The summed E-state index contributed by atoms with van der Waals surface area (Å²) < 4.78 is 1.05. The topological polar surface area (TPSA) is 56.0 Å². The Morgan fingerprint density at radius 1 is 1.26 bits per heavy atom. The summed E-state index contributed by atoms with van der Waals surface area (Å²) in [5.41, 5.74) is 1.33. The van der Waals surface area contributed by atoms with Crippen LogP contribution in [0, 0.1) is 10.1 Å². The Kier molecular flexibility index (Phi) is 2.93. The molecule has 0 N–H and O–H groups in total. The van der Waals surface area contributed by atoms with E-state index in [0.29, 0.717) is 5.69 Å². The van der Waals surface area contributed by atoms with Gasteiger partial charge >= 0.3 is 0 Å². The molecule has 0 fully saturated rings. The number of nitrogens with zero attached hydrogens (tertiary/aromatic N) is 2. The Bertz CT molecular complexity index is 785. The van der Waals surface area contributed by atoms with Crippen molar-refractivity contribution < 1.29 is 4.92 Å². The molecule has 0 saturated heterocycles. The summed E-state index contributed by atoms with van der Waals surface area (Å²) in [5, 5.41) is 14.1. The van der Waals surface area contributed by atoms with Gasteiger partial charge in [0, 0.05) is 16.3 Å². The molecule has 4 nitrogen and oxygen atoms in total. The van der Waals surface area contributed by atoms with E-state index in [1.807, 2.05) is 29.6 Å². The Morgan fingerprint density at radius 3 is 2.89 bits per heavy atom. The van der Waals surface area contributed by atoms with E-state index in [-0.39, 0.29) is 10.8 Å². The fourth-order valence-corrected chi connectivity index (χ4v) is 3.05.